The van der Waals surface area contributed by atoms with Crippen LogP contribution in [0.4, 0.5) is 4.79 Å². The molecule has 0 spiro atoms. The highest BCUT2D eigenvalue weighted by atomic mass is 32.3. The number of fused-ring (bicyclic) bond motifs is 4. The molecule has 2 bridgehead atoms. The predicted octanol–water partition coefficient (Wildman–Crippen LogP) is -0.442. The molecule has 3 amide bonds. The number of hydroxylamine groups is 2. The third-order valence-electron chi connectivity index (χ3n) is 6.03. The monoisotopic (exact) mass is 527 g/mol. The van der Waals surface area contributed by atoms with Gasteiger partial charge in [0.15, 0.2) is 11.8 Å². The number of rotatable bonds is 9. The van der Waals surface area contributed by atoms with E-state index in [-0.39, 0.29) is 13.2 Å². The third-order valence-corrected chi connectivity index (χ3v) is 6.38. The zero-order valence-electron chi connectivity index (χ0n) is 21.0. The zero-order chi connectivity index (χ0) is 26.6. The molecule has 36 heavy (non-hydrogen) atoms. The lowest BCUT2D eigenvalue weighted by molar-refractivity contribution is -0.871. The SMILES string of the molecule is CN(C)C(=O)C1c2c(c(COc3cnn(CC[N+](C)(C)C)c3)nn2C)C2CN1C(=O)N2OS(=O)(=O)O. The summed E-state index contributed by atoms with van der Waals surface area (Å²) in [4.78, 5) is 28.6. The second kappa shape index (κ2) is 9.02. The number of ether oxygens (including phenoxy) is 1. The van der Waals surface area contributed by atoms with Gasteiger partial charge in [-0.15, -0.1) is 4.28 Å². The number of carbonyl (C=O) groups is 2. The molecule has 0 aromatic carbocycles. The van der Waals surface area contributed by atoms with Crippen LogP contribution in [0.1, 0.15) is 29.0 Å². The van der Waals surface area contributed by atoms with Crippen molar-refractivity contribution in [3.63, 3.8) is 0 Å². The number of aryl methyl sites for hydroxylation is 1. The largest absolute Gasteiger partial charge is 0.484 e. The van der Waals surface area contributed by atoms with Crippen LogP contribution in [-0.2, 0) is 39.7 Å². The molecular weight excluding hydrogens is 496 g/mol. The Hall–Kier alpha value is -3.21. The summed E-state index contributed by atoms with van der Waals surface area (Å²) in [6.45, 7) is 1.50. The standard InChI is InChI=1S/C20H30N8O7S/c1-23(2)19(29)18-17-16(15-11-26(18)20(30)27(15)35-36(31,32)33)14(22-24(17)3)12-34-13-9-21-25(10-13)7-8-28(4,5)6/h9-10,15,18H,7-8,11-12H2,1-6H3/p+1. The Morgan fingerprint density at radius 3 is 2.61 bits per heavy atom. The summed E-state index contributed by atoms with van der Waals surface area (Å²) >= 11 is 0. The second-order valence-corrected chi connectivity index (χ2v) is 11.0. The summed E-state index contributed by atoms with van der Waals surface area (Å²) in [5.74, 6) is 0.105. The lowest BCUT2D eigenvalue weighted by Gasteiger charge is -2.32. The van der Waals surface area contributed by atoms with Gasteiger partial charge in [0.2, 0.25) is 0 Å². The van der Waals surface area contributed by atoms with E-state index in [2.05, 4.69) is 35.6 Å². The van der Waals surface area contributed by atoms with Crippen molar-refractivity contribution in [2.24, 2.45) is 7.05 Å². The van der Waals surface area contributed by atoms with Crippen molar-refractivity contribution in [3.8, 4) is 5.75 Å². The fraction of sp³-hybridized carbons (Fsp3) is 0.600. The molecule has 2 aliphatic rings. The molecular formula is C20H31N8O7S+. The van der Waals surface area contributed by atoms with Gasteiger partial charge in [-0.1, -0.05) is 0 Å². The molecule has 1 saturated heterocycles. The number of aromatic nitrogens is 4. The number of quaternary nitrogens is 1. The number of amides is 3. The predicted molar refractivity (Wildman–Crippen MR) is 123 cm³/mol. The smallest absolute Gasteiger partial charge is 0.418 e. The molecule has 2 aliphatic heterocycles. The van der Waals surface area contributed by atoms with Crippen molar-refractivity contribution in [2.45, 2.75) is 25.2 Å². The van der Waals surface area contributed by atoms with Gasteiger partial charge < -0.3 is 19.0 Å². The van der Waals surface area contributed by atoms with Crippen molar-refractivity contribution in [1.82, 2.24) is 34.4 Å². The average molecular weight is 528 g/mol. The Kier molecular flexibility index (Phi) is 6.48. The second-order valence-electron chi connectivity index (χ2n) is 10.0. The first-order valence-electron chi connectivity index (χ1n) is 11.2. The molecule has 0 saturated carbocycles. The molecule has 198 valence electrons. The molecule has 4 rings (SSSR count). The molecule has 15 nitrogen and oxygen atoms in total. The molecule has 4 heterocycles. The topological polar surface area (TPSA) is 152 Å². The third kappa shape index (κ3) is 5.02. The van der Waals surface area contributed by atoms with Gasteiger partial charge in [0.25, 0.3) is 5.91 Å². The van der Waals surface area contributed by atoms with E-state index in [0.717, 1.165) is 11.0 Å². The summed E-state index contributed by atoms with van der Waals surface area (Å²) in [7, 11) is 6.00. The van der Waals surface area contributed by atoms with E-state index in [4.69, 9.17) is 4.74 Å². The minimum Gasteiger partial charge on any atom is -0.484 e. The number of urea groups is 1. The van der Waals surface area contributed by atoms with E-state index in [9.17, 15) is 22.6 Å². The summed E-state index contributed by atoms with van der Waals surface area (Å²) < 4.78 is 46.7. The molecule has 2 aromatic rings. The van der Waals surface area contributed by atoms with E-state index in [1.807, 2.05) is 0 Å². The lowest BCUT2D eigenvalue weighted by Crippen LogP contribution is -2.44. The number of likely N-dealkylation sites (N-methyl/N-ethyl adjacent to an activating group) is 2. The van der Waals surface area contributed by atoms with Crippen molar-refractivity contribution in [1.29, 1.82) is 0 Å². The van der Waals surface area contributed by atoms with Crippen molar-refractivity contribution in [2.75, 3.05) is 48.3 Å². The quantitative estimate of drug-likeness (QED) is 0.338. The van der Waals surface area contributed by atoms with Crippen LogP contribution >= 0.6 is 0 Å². The summed E-state index contributed by atoms with van der Waals surface area (Å²) in [6, 6.07) is -2.85. The van der Waals surface area contributed by atoms with Crippen LogP contribution in [0.5, 0.6) is 5.75 Å². The molecule has 1 N–H and O–H groups in total. The maximum Gasteiger partial charge on any atom is 0.418 e. The highest BCUT2D eigenvalue weighted by molar-refractivity contribution is 7.80. The Morgan fingerprint density at radius 1 is 1.31 bits per heavy atom. The molecule has 2 unspecified atom stereocenters. The molecule has 0 aliphatic carbocycles. The van der Waals surface area contributed by atoms with Gasteiger partial charge >= 0.3 is 16.4 Å². The van der Waals surface area contributed by atoms with Crippen LogP contribution < -0.4 is 4.74 Å². The van der Waals surface area contributed by atoms with Gasteiger partial charge in [-0.3, -0.25) is 18.7 Å². The first-order chi connectivity index (χ1) is 16.7. The van der Waals surface area contributed by atoms with Crippen molar-refractivity contribution < 1.29 is 36.1 Å². The Labute approximate surface area is 208 Å². The van der Waals surface area contributed by atoms with E-state index in [0.29, 0.717) is 34.3 Å². The summed E-state index contributed by atoms with van der Waals surface area (Å²) in [5.41, 5.74) is 1.24. The number of nitrogens with zero attached hydrogens (tertiary/aromatic N) is 8. The molecule has 0 radical (unpaired) electrons. The van der Waals surface area contributed by atoms with Crippen molar-refractivity contribution in [3.05, 3.63) is 29.3 Å². The van der Waals surface area contributed by atoms with Gasteiger partial charge in [0.05, 0.1) is 58.9 Å². The molecule has 2 aromatic heterocycles. The van der Waals surface area contributed by atoms with Gasteiger partial charge in [0.1, 0.15) is 18.3 Å². The van der Waals surface area contributed by atoms with Gasteiger partial charge in [-0.2, -0.15) is 23.7 Å². The van der Waals surface area contributed by atoms with Crippen LogP contribution in [-0.4, -0.2) is 112 Å². The van der Waals surface area contributed by atoms with Crippen LogP contribution in [0.15, 0.2) is 12.4 Å². The zero-order valence-corrected chi connectivity index (χ0v) is 21.8. The first-order valence-corrected chi connectivity index (χ1v) is 12.5. The molecule has 2 atom stereocenters. The van der Waals surface area contributed by atoms with E-state index in [1.54, 1.807) is 38.2 Å². The van der Waals surface area contributed by atoms with E-state index in [1.165, 1.54) is 14.5 Å². The molecule has 16 heteroatoms. The van der Waals surface area contributed by atoms with Crippen molar-refractivity contribution >= 4 is 22.3 Å². The fourth-order valence-corrected chi connectivity index (χ4v) is 4.72. The highest BCUT2D eigenvalue weighted by Crippen LogP contribution is 2.46. The highest BCUT2D eigenvalue weighted by Gasteiger charge is 2.55. The Morgan fingerprint density at radius 2 is 2.00 bits per heavy atom. The van der Waals surface area contributed by atoms with Crippen LogP contribution in [0.3, 0.4) is 0 Å². The van der Waals surface area contributed by atoms with Gasteiger partial charge in [-0.25, -0.2) is 4.79 Å². The Bertz CT molecular complexity index is 1280. The van der Waals surface area contributed by atoms with Gasteiger partial charge in [0, 0.05) is 26.7 Å². The van der Waals surface area contributed by atoms with E-state index < -0.39 is 34.4 Å². The maximum absolute atomic E-state index is 13.1. The molecule has 1 fully saturated rings. The first kappa shape index (κ1) is 25.9. The van der Waals surface area contributed by atoms with E-state index >= 15 is 0 Å². The number of hydrogen-bond acceptors (Lipinski definition) is 8. The van der Waals surface area contributed by atoms with Gasteiger partial charge in [-0.05, 0) is 0 Å². The maximum atomic E-state index is 13.1. The minimum atomic E-state index is -5.00. The van der Waals surface area contributed by atoms with Crippen LogP contribution in [0.25, 0.3) is 0 Å². The normalized spacial score (nSPS) is 19.6. The lowest BCUT2D eigenvalue weighted by atomic mass is 9.94. The fourth-order valence-electron chi connectivity index (χ4n) is 4.35. The number of carbonyl (C=O) groups excluding carboxylic acids is 2. The van der Waals surface area contributed by atoms with Crippen LogP contribution in [0, 0.1) is 0 Å². The summed E-state index contributed by atoms with van der Waals surface area (Å²) in [5, 5.41) is 9.38. The minimum absolute atomic E-state index is 0.0303. The number of hydrogen-bond donors (Lipinski definition) is 1. The summed E-state index contributed by atoms with van der Waals surface area (Å²) in [6.07, 6.45) is 3.34. The Balaban J connectivity index is 1.65. The van der Waals surface area contributed by atoms with Crippen LogP contribution in [0.2, 0.25) is 0 Å². The average Bonchev–Trinajstić information content (AvgIpc) is 3.42.